The van der Waals surface area contributed by atoms with E-state index in [1.165, 1.54) is 0 Å². The van der Waals surface area contributed by atoms with E-state index in [-0.39, 0.29) is 11.9 Å². The zero-order chi connectivity index (χ0) is 16.6. The minimum atomic E-state index is -0.0362. The Morgan fingerprint density at radius 1 is 1.22 bits per heavy atom. The van der Waals surface area contributed by atoms with Gasteiger partial charge in [0, 0.05) is 44.8 Å². The van der Waals surface area contributed by atoms with Gasteiger partial charge >= 0.3 is 0 Å². The maximum Gasteiger partial charge on any atom is 0.272 e. The van der Waals surface area contributed by atoms with Crippen LogP contribution in [0.15, 0.2) is 18.5 Å². The van der Waals surface area contributed by atoms with Crippen LogP contribution in [0.1, 0.15) is 33.9 Å². The summed E-state index contributed by atoms with van der Waals surface area (Å²) in [6, 6.07) is 1.85. The van der Waals surface area contributed by atoms with Crippen molar-refractivity contribution in [2.75, 3.05) is 26.7 Å². The van der Waals surface area contributed by atoms with Crippen LogP contribution >= 0.6 is 0 Å². The standard InChI is InChI=1S/C16H22N6O/c1-11-9-13(19-12(2)18-11)16(23)22-8-7-20(3)14(10-22)15-17-5-6-21(15)4/h5-6,9,14H,7-8,10H2,1-4H3. The summed E-state index contributed by atoms with van der Waals surface area (Å²) in [4.78, 5) is 29.9. The number of hydrogen-bond donors (Lipinski definition) is 0. The topological polar surface area (TPSA) is 67.2 Å². The molecule has 1 saturated heterocycles. The molecule has 0 spiro atoms. The molecule has 1 fully saturated rings. The van der Waals surface area contributed by atoms with Gasteiger partial charge in [0.15, 0.2) is 0 Å². The lowest BCUT2D eigenvalue weighted by Crippen LogP contribution is -2.49. The zero-order valence-electron chi connectivity index (χ0n) is 14.0. The molecule has 0 aromatic carbocycles. The Morgan fingerprint density at radius 3 is 2.65 bits per heavy atom. The number of aryl methyl sites for hydroxylation is 3. The Kier molecular flexibility index (Phi) is 4.12. The van der Waals surface area contributed by atoms with Crippen molar-refractivity contribution in [1.29, 1.82) is 0 Å². The highest BCUT2D eigenvalue weighted by Gasteiger charge is 2.31. The molecule has 1 atom stereocenters. The van der Waals surface area contributed by atoms with Gasteiger partial charge in [-0.25, -0.2) is 15.0 Å². The number of aromatic nitrogens is 4. The van der Waals surface area contributed by atoms with Gasteiger partial charge in [0.25, 0.3) is 5.91 Å². The van der Waals surface area contributed by atoms with Crippen molar-refractivity contribution in [3.8, 4) is 0 Å². The molecular weight excluding hydrogens is 292 g/mol. The van der Waals surface area contributed by atoms with Crippen molar-refractivity contribution in [2.24, 2.45) is 7.05 Å². The van der Waals surface area contributed by atoms with E-state index in [0.29, 0.717) is 24.6 Å². The van der Waals surface area contributed by atoms with Crippen LogP contribution in [0.25, 0.3) is 0 Å². The predicted molar refractivity (Wildman–Crippen MR) is 86.0 cm³/mol. The molecule has 0 saturated carbocycles. The van der Waals surface area contributed by atoms with Crippen LogP contribution in [0.5, 0.6) is 0 Å². The highest BCUT2D eigenvalue weighted by molar-refractivity contribution is 5.92. The summed E-state index contributed by atoms with van der Waals surface area (Å²) in [6.07, 6.45) is 3.72. The van der Waals surface area contributed by atoms with Crippen LogP contribution < -0.4 is 0 Å². The quantitative estimate of drug-likeness (QED) is 0.826. The molecule has 0 bridgehead atoms. The third kappa shape index (κ3) is 3.10. The van der Waals surface area contributed by atoms with Crippen molar-refractivity contribution in [3.63, 3.8) is 0 Å². The van der Waals surface area contributed by atoms with Crippen molar-refractivity contribution < 1.29 is 4.79 Å². The Labute approximate surface area is 136 Å². The van der Waals surface area contributed by atoms with Crippen molar-refractivity contribution in [3.05, 3.63) is 41.5 Å². The molecule has 3 heterocycles. The average Bonchev–Trinajstić information content (AvgIpc) is 2.92. The van der Waals surface area contributed by atoms with E-state index in [9.17, 15) is 4.79 Å². The first-order valence-electron chi connectivity index (χ1n) is 7.74. The molecule has 1 unspecified atom stereocenters. The molecule has 122 valence electrons. The Hall–Kier alpha value is -2.28. The van der Waals surface area contributed by atoms with Crippen LogP contribution in [0.2, 0.25) is 0 Å². The molecular formula is C16H22N6O. The van der Waals surface area contributed by atoms with E-state index in [0.717, 1.165) is 18.1 Å². The number of carbonyl (C=O) groups excluding carboxylic acids is 1. The molecule has 23 heavy (non-hydrogen) atoms. The van der Waals surface area contributed by atoms with E-state index in [4.69, 9.17) is 0 Å². The van der Waals surface area contributed by atoms with Gasteiger partial charge in [0.1, 0.15) is 17.3 Å². The van der Waals surface area contributed by atoms with Gasteiger partial charge < -0.3 is 9.47 Å². The van der Waals surface area contributed by atoms with E-state index < -0.39 is 0 Å². The first-order chi connectivity index (χ1) is 11.0. The molecule has 1 aliphatic rings. The first-order valence-corrected chi connectivity index (χ1v) is 7.74. The molecule has 1 amide bonds. The fourth-order valence-corrected chi connectivity index (χ4v) is 3.02. The summed E-state index contributed by atoms with van der Waals surface area (Å²) in [7, 11) is 4.05. The molecule has 2 aromatic rings. The van der Waals surface area contributed by atoms with Gasteiger partial charge in [-0.05, 0) is 27.0 Å². The van der Waals surface area contributed by atoms with Gasteiger partial charge in [-0.2, -0.15) is 0 Å². The van der Waals surface area contributed by atoms with Crippen LogP contribution in [-0.4, -0.2) is 61.9 Å². The molecule has 0 radical (unpaired) electrons. The zero-order valence-corrected chi connectivity index (χ0v) is 14.0. The van der Waals surface area contributed by atoms with E-state index in [2.05, 4.69) is 26.9 Å². The van der Waals surface area contributed by atoms with Crippen molar-refractivity contribution >= 4 is 5.91 Å². The summed E-state index contributed by atoms with van der Waals surface area (Å²) < 4.78 is 2.01. The van der Waals surface area contributed by atoms with Gasteiger partial charge in [-0.3, -0.25) is 9.69 Å². The highest BCUT2D eigenvalue weighted by atomic mass is 16.2. The minimum absolute atomic E-state index is 0.0362. The van der Waals surface area contributed by atoms with Crippen LogP contribution in [-0.2, 0) is 7.05 Å². The van der Waals surface area contributed by atoms with Crippen LogP contribution in [0.4, 0.5) is 0 Å². The van der Waals surface area contributed by atoms with E-state index in [1.54, 1.807) is 12.3 Å². The average molecular weight is 314 g/mol. The summed E-state index contributed by atoms with van der Waals surface area (Å²) in [5.74, 6) is 1.56. The third-order valence-corrected chi connectivity index (χ3v) is 4.28. The second-order valence-electron chi connectivity index (χ2n) is 6.09. The molecule has 0 aliphatic carbocycles. The van der Waals surface area contributed by atoms with Crippen molar-refractivity contribution in [1.82, 2.24) is 29.3 Å². The monoisotopic (exact) mass is 314 g/mol. The van der Waals surface area contributed by atoms with Gasteiger partial charge in [-0.1, -0.05) is 0 Å². The second kappa shape index (κ2) is 6.08. The number of rotatable bonds is 2. The fourth-order valence-electron chi connectivity index (χ4n) is 3.02. The largest absolute Gasteiger partial charge is 0.337 e. The number of nitrogens with zero attached hydrogens (tertiary/aromatic N) is 6. The minimum Gasteiger partial charge on any atom is -0.337 e. The summed E-state index contributed by atoms with van der Waals surface area (Å²) in [5.41, 5.74) is 1.29. The predicted octanol–water partition coefficient (Wildman–Crippen LogP) is 0.956. The molecule has 1 aliphatic heterocycles. The Bertz CT molecular complexity index is 705. The smallest absolute Gasteiger partial charge is 0.272 e. The van der Waals surface area contributed by atoms with Gasteiger partial charge in [-0.15, -0.1) is 0 Å². The Morgan fingerprint density at radius 2 is 2.00 bits per heavy atom. The molecule has 3 rings (SSSR count). The molecule has 2 aromatic heterocycles. The summed E-state index contributed by atoms with van der Waals surface area (Å²) in [5, 5.41) is 0. The summed E-state index contributed by atoms with van der Waals surface area (Å²) in [6.45, 7) is 5.81. The first kappa shape index (κ1) is 15.6. The van der Waals surface area contributed by atoms with E-state index >= 15 is 0 Å². The normalized spacial score (nSPS) is 19.1. The number of likely N-dealkylation sites (N-methyl/N-ethyl adjacent to an activating group) is 1. The van der Waals surface area contributed by atoms with E-state index in [1.807, 2.05) is 36.6 Å². The van der Waals surface area contributed by atoms with Crippen LogP contribution in [0.3, 0.4) is 0 Å². The Balaban J connectivity index is 1.83. The lowest BCUT2D eigenvalue weighted by Gasteiger charge is -2.38. The number of imidazole rings is 1. The maximum absolute atomic E-state index is 12.8. The van der Waals surface area contributed by atoms with Gasteiger partial charge in [0.05, 0.1) is 6.04 Å². The number of amides is 1. The number of hydrogen-bond acceptors (Lipinski definition) is 5. The van der Waals surface area contributed by atoms with Gasteiger partial charge in [0.2, 0.25) is 0 Å². The molecule has 7 heteroatoms. The lowest BCUT2D eigenvalue weighted by molar-refractivity contribution is 0.0523. The fraction of sp³-hybridized carbons (Fsp3) is 0.500. The lowest BCUT2D eigenvalue weighted by atomic mass is 10.1. The SMILES string of the molecule is Cc1cc(C(=O)N2CCN(C)C(c3nccn3C)C2)nc(C)n1. The molecule has 7 nitrogen and oxygen atoms in total. The van der Waals surface area contributed by atoms with Crippen molar-refractivity contribution in [2.45, 2.75) is 19.9 Å². The molecule has 0 N–H and O–H groups in total. The summed E-state index contributed by atoms with van der Waals surface area (Å²) >= 11 is 0. The number of carbonyl (C=O) groups is 1. The second-order valence-corrected chi connectivity index (χ2v) is 6.09. The van der Waals surface area contributed by atoms with Crippen LogP contribution in [0, 0.1) is 13.8 Å². The third-order valence-electron chi connectivity index (χ3n) is 4.28. The number of piperazine rings is 1. The highest BCUT2D eigenvalue weighted by Crippen LogP contribution is 2.23. The maximum atomic E-state index is 12.8.